The summed E-state index contributed by atoms with van der Waals surface area (Å²) in [6.07, 6.45) is 0.920. The van der Waals surface area contributed by atoms with Crippen molar-refractivity contribution < 1.29 is 0 Å². The molecule has 0 saturated carbocycles. The van der Waals surface area contributed by atoms with E-state index in [1.54, 1.807) is 0 Å². The van der Waals surface area contributed by atoms with Gasteiger partial charge >= 0.3 is 0 Å². The molecule has 8 aromatic carbocycles. The molecule has 230 valence electrons. The average molecular weight is 623 g/mol. The quantitative estimate of drug-likeness (QED) is 0.173. The van der Waals surface area contributed by atoms with Gasteiger partial charge in [-0.2, -0.15) is 0 Å². The summed E-state index contributed by atoms with van der Waals surface area (Å²) in [6, 6.07) is 70.8. The van der Waals surface area contributed by atoms with Gasteiger partial charge in [0, 0.05) is 0 Å². The Kier molecular flexibility index (Phi) is 7.33. The number of hydrogen-bond acceptors (Lipinski definition) is 0. The van der Waals surface area contributed by atoms with Crippen molar-refractivity contribution in [1.82, 2.24) is 0 Å². The first-order valence-electron chi connectivity index (χ1n) is 17.1. The second kappa shape index (κ2) is 12.4. The van der Waals surface area contributed by atoms with Crippen LogP contribution in [-0.2, 0) is 6.42 Å². The van der Waals surface area contributed by atoms with Crippen LogP contribution in [0.15, 0.2) is 194 Å². The van der Waals surface area contributed by atoms with Crippen LogP contribution in [0, 0.1) is 0 Å². The van der Waals surface area contributed by atoms with Crippen molar-refractivity contribution in [3.05, 3.63) is 205 Å². The summed E-state index contributed by atoms with van der Waals surface area (Å²) < 4.78 is 0. The van der Waals surface area contributed by atoms with Crippen molar-refractivity contribution in [3.8, 4) is 77.9 Å². The molecule has 1 aliphatic carbocycles. The highest BCUT2D eigenvalue weighted by Gasteiger charge is 2.24. The van der Waals surface area contributed by atoms with Gasteiger partial charge in [0.05, 0.1) is 0 Å². The van der Waals surface area contributed by atoms with Crippen LogP contribution in [0.3, 0.4) is 0 Å². The smallest absolute Gasteiger partial charge is 0.000112 e. The summed E-state index contributed by atoms with van der Waals surface area (Å²) in [5.41, 5.74) is 20.5. The molecule has 0 spiro atoms. The van der Waals surface area contributed by atoms with E-state index in [2.05, 4.69) is 194 Å². The maximum Gasteiger partial charge on any atom is -0.000112 e. The summed E-state index contributed by atoms with van der Waals surface area (Å²) in [4.78, 5) is 0. The van der Waals surface area contributed by atoms with E-state index >= 15 is 0 Å². The molecule has 1 aliphatic rings. The van der Waals surface area contributed by atoms with E-state index in [1.165, 1.54) is 89.0 Å². The lowest BCUT2D eigenvalue weighted by atomic mass is 9.89. The standard InChI is InChI=1S/C49H34/c1-4-12-34(13-5-1)36-22-26-38(27-23-36)41-30-42(39-28-24-37(25-29-39)35-14-6-2-7-15-35)32-43(31-41)45-19-11-21-47-46-20-10-18-44(48(46)33-49(45)47)40-16-8-3-9-17-40/h1-32H,33H2. The first-order valence-corrected chi connectivity index (χ1v) is 17.1. The number of fused-ring (bicyclic) bond motifs is 3. The minimum atomic E-state index is 0.920. The predicted octanol–water partition coefficient (Wildman–Crippen LogP) is 13.3. The molecule has 0 N–H and O–H groups in total. The monoisotopic (exact) mass is 622 g/mol. The summed E-state index contributed by atoms with van der Waals surface area (Å²) in [6.45, 7) is 0. The van der Waals surface area contributed by atoms with Gasteiger partial charge in [-0.05, 0) is 114 Å². The van der Waals surface area contributed by atoms with Crippen LogP contribution in [0.2, 0.25) is 0 Å². The molecule has 0 heteroatoms. The number of benzene rings is 8. The Morgan fingerprint density at radius 3 is 0.939 bits per heavy atom. The van der Waals surface area contributed by atoms with Gasteiger partial charge in [-0.25, -0.2) is 0 Å². The van der Waals surface area contributed by atoms with Crippen molar-refractivity contribution in [2.24, 2.45) is 0 Å². The molecule has 0 amide bonds. The molecule has 0 atom stereocenters. The van der Waals surface area contributed by atoms with Gasteiger partial charge in [-0.1, -0.05) is 176 Å². The van der Waals surface area contributed by atoms with Crippen molar-refractivity contribution in [1.29, 1.82) is 0 Å². The van der Waals surface area contributed by atoms with Crippen LogP contribution in [0.1, 0.15) is 11.1 Å². The van der Waals surface area contributed by atoms with Gasteiger partial charge in [0.15, 0.2) is 0 Å². The van der Waals surface area contributed by atoms with Gasteiger partial charge in [-0.3, -0.25) is 0 Å². The second-order valence-corrected chi connectivity index (χ2v) is 12.9. The van der Waals surface area contributed by atoms with Gasteiger partial charge in [0.25, 0.3) is 0 Å². The number of rotatable bonds is 6. The first-order chi connectivity index (χ1) is 24.3. The minimum Gasteiger partial charge on any atom is -0.0622 e. The van der Waals surface area contributed by atoms with Crippen LogP contribution in [0.4, 0.5) is 0 Å². The highest BCUT2D eigenvalue weighted by atomic mass is 14.3. The molecule has 0 nitrogen and oxygen atoms in total. The molecule has 0 aliphatic heterocycles. The molecule has 0 radical (unpaired) electrons. The van der Waals surface area contributed by atoms with Crippen molar-refractivity contribution in [2.45, 2.75) is 6.42 Å². The summed E-state index contributed by atoms with van der Waals surface area (Å²) in [5.74, 6) is 0. The zero-order chi connectivity index (χ0) is 32.6. The molecule has 0 heterocycles. The SMILES string of the molecule is c1ccc(-c2ccc(-c3cc(-c4ccc(-c5ccccc5)cc4)cc(-c4cccc5c4Cc4c(-c6ccccc6)cccc4-5)c3)cc2)cc1. The molecule has 49 heavy (non-hydrogen) atoms. The van der Waals surface area contributed by atoms with Gasteiger partial charge in [-0.15, -0.1) is 0 Å². The molecular formula is C49H34. The topological polar surface area (TPSA) is 0 Å². The fourth-order valence-electron chi connectivity index (χ4n) is 7.48. The van der Waals surface area contributed by atoms with E-state index in [4.69, 9.17) is 0 Å². The zero-order valence-electron chi connectivity index (χ0n) is 27.2. The second-order valence-electron chi connectivity index (χ2n) is 12.9. The van der Waals surface area contributed by atoms with E-state index in [9.17, 15) is 0 Å². The summed E-state index contributed by atoms with van der Waals surface area (Å²) in [7, 11) is 0. The van der Waals surface area contributed by atoms with Crippen molar-refractivity contribution in [2.75, 3.05) is 0 Å². The lowest BCUT2D eigenvalue weighted by molar-refractivity contribution is 1.26. The van der Waals surface area contributed by atoms with Gasteiger partial charge < -0.3 is 0 Å². The van der Waals surface area contributed by atoms with Crippen molar-refractivity contribution >= 4 is 0 Å². The Morgan fingerprint density at radius 2 is 0.510 bits per heavy atom. The van der Waals surface area contributed by atoms with E-state index in [-0.39, 0.29) is 0 Å². The maximum absolute atomic E-state index is 2.38. The Bertz CT molecular complexity index is 2300. The summed E-state index contributed by atoms with van der Waals surface area (Å²) >= 11 is 0. The molecule has 0 aromatic heterocycles. The van der Waals surface area contributed by atoms with Crippen LogP contribution in [0.25, 0.3) is 77.9 Å². The van der Waals surface area contributed by atoms with E-state index in [0.29, 0.717) is 0 Å². The molecule has 0 unspecified atom stereocenters. The van der Waals surface area contributed by atoms with Crippen LogP contribution < -0.4 is 0 Å². The largest absolute Gasteiger partial charge is 0.0622 e. The Hall–Kier alpha value is -6.24. The molecule has 0 saturated heterocycles. The van der Waals surface area contributed by atoms with Gasteiger partial charge in [0.1, 0.15) is 0 Å². The maximum atomic E-state index is 2.38. The molecule has 8 aromatic rings. The third-order valence-corrected chi connectivity index (χ3v) is 9.98. The van der Waals surface area contributed by atoms with Crippen LogP contribution >= 0.6 is 0 Å². The average Bonchev–Trinajstić information content (AvgIpc) is 3.58. The van der Waals surface area contributed by atoms with Crippen LogP contribution in [-0.4, -0.2) is 0 Å². The van der Waals surface area contributed by atoms with E-state index in [0.717, 1.165) is 6.42 Å². The highest BCUT2D eigenvalue weighted by Crippen LogP contribution is 2.46. The van der Waals surface area contributed by atoms with Crippen LogP contribution in [0.5, 0.6) is 0 Å². The number of hydrogen-bond donors (Lipinski definition) is 0. The Morgan fingerprint density at radius 1 is 0.204 bits per heavy atom. The molecule has 0 bridgehead atoms. The lowest BCUT2D eigenvalue weighted by Gasteiger charge is -2.15. The van der Waals surface area contributed by atoms with Gasteiger partial charge in [0.2, 0.25) is 0 Å². The first kappa shape index (κ1) is 28.9. The van der Waals surface area contributed by atoms with E-state index in [1.807, 2.05) is 0 Å². The predicted molar refractivity (Wildman–Crippen MR) is 207 cm³/mol. The molecular weight excluding hydrogens is 589 g/mol. The Labute approximate surface area is 288 Å². The summed E-state index contributed by atoms with van der Waals surface area (Å²) in [5, 5.41) is 0. The third-order valence-electron chi connectivity index (χ3n) is 9.98. The normalized spacial score (nSPS) is 11.6. The fraction of sp³-hybridized carbons (Fsp3) is 0.0204. The van der Waals surface area contributed by atoms with Crippen molar-refractivity contribution in [3.63, 3.8) is 0 Å². The highest BCUT2D eigenvalue weighted by molar-refractivity contribution is 5.91. The Balaban J connectivity index is 1.16. The minimum absolute atomic E-state index is 0.920. The molecule has 0 fully saturated rings. The third kappa shape index (κ3) is 5.48. The molecule has 9 rings (SSSR count). The zero-order valence-corrected chi connectivity index (χ0v) is 27.2. The fourth-order valence-corrected chi connectivity index (χ4v) is 7.48. The lowest BCUT2D eigenvalue weighted by Crippen LogP contribution is -1.92. The van der Waals surface area contributed by atoms with E-state index < -0.39 is 0 Å².